The lowest BCUT2D eigenvalue weighted by molar-refractivity contribution is 0.185. The van der Waals surface area contributed by atoms with E-state index in [2.05, 4.69) is 38.1 Å². The van der Waals surface area contributed by atoms with Crippen molar-refractivity contribution in [2.45, 2.75) is 32.8 Å². The molecule has 0 saturated heterocycles. The molecule has 0 aliphatic carbocycles. The van der Waals surface area contributed by atoms with E-state index in [1.54, 1.807) is 7.11 Å². The van der Waals surface area contributed by atoms with Crippen molar-refractivity contribution in [2.24, 2.45) is 0 Å². The molecule has 1 aromatic carbocycles. The Hall–Kier alpha value is -0.820. The predicted octanol–water partition coefficient (Wildman–Crippen LogP) is 3.35. The van der Waals surface area contributed by atoms with Gasteiger partial charge in [0.25, 0.3) is 0 Å². The van der Waals surface area contributed by atoms with E-state index < -0.39 is 0 Å². The summed E-state index contributed by atoms with van der Waals surface area (Å²) in [6, 6.07) is 8.64. The highest BCUT2D eigenvalue weighted by atomic mass is 16.5. The highest BCUT2D eigenvalue weighted by molar-refractivity contribution is 5.25. The molecule has 0 aromatic heterocycles. The topological polar surface area (TPSA) is 9.23 Å². The van der Waals surface area contributed by atoms with Crippen LogP contribution in [0.2, 0.25) is 0 Å². The smallest absolute Gasteiger partial charge is 0.0713 e. The zero-order valence-electron chi connectivity index (χ0n) is 8.71. The zero-order valence-corrected chi connectivity index (χ0v) is 8.71. The van der Waals surface area contributed by atoms with Gasteiger partial charge < -0.3 is 4.74 Å². The van der Waals surface area contributed by atoms with E-state index >= 15 is 0 Å². The molecule has 0 radical (unpaired) electrons. The van der Waals surface area contributed by atoms with Gasteiger partial charge in [0.05, 0.1) is 6.61 Å². The van der Waals surface area contributed by atoms with Crippen molar-refractivity contribution in [3.05, 3.63) is 35.4 Å². The standard InChI is InChI=1S/C12H18O/c1-4-10(2)12-7-5-6-11(8-12)9-13-3/h5-8,10H,4,9H2,1-3H3. The van der Waals surface area contributed by atoms with Gasteiger partial charge >= 0.3 is 0 Å². The average molecular weight is 178 g/mol. The van der Waals surface area contributed by atoms with E-state index in [1.165, 1.54) is 17.5 Å². The minimum atomic E-state index is 0.650. The molecule has 0 heterocycles. The third kappa shape index (κ3) is 2.85. The Morgan fingerprint density at radius 3 is 2.77 bits per heavy atom. The second-order valence-electron chi connectivity index (χ2n) is 3.49. The predicted molar refractivity (Wildman–Crippen MR) is 55.9 cm³/mol. The fraction of sp³-hybridized carbons (Fsp3) is 0.500. The van der Waals surface area contributed by atoms with Crippen LogP contribution >= 0.6 is 0 Å². The molecule has 13 heavy (non-hydrogen) atoms. The van der Waals surface area contributed by atoms with Crippen molar-refractivity contribution < 1.29 is 4.74 Å². The van der Waals surface area contributed by atoms with E-state index in [1.807, 2.05) is 0 Å². The fourth-order valence-electron chi connectivity index (χ4n) is 1.39. The van der Waals surface area contributed by atoms with Gasteiger partial charge in [-0.25, -0.2) is 0 Å². The van der Waals surface area contributed by atoms with Crippen LogP contribution in [0, 0.1) is 0 Å². The molecule has 1 atom stereocenters. The summed E-state index contributed by atoms with van der Waals surface area (Å²) in [5.74, 6) is 0.650. The van der Waals surface area contributed by atoms with Crippen molar-refractivity contribution >= 4 is 0 Å². The number of ether oxygens (including phenoxy) is 1. The number of hydrogen-bond donors (Lipinski definition) is 0. The normalized spacial score (nSPS) is 12.8. The molecule has 1 nitrogen and oxygen atoms in total. The maximum atomic E-state index is 5.10. The van der Waals surface area contributed by atoms with E-state index in [4.69, 9.17) is 4.74 Å². The van der Waals surface area contributed by atoms with E-state index in [9.17, 15) is 0 Å². The number of methoxy groups -OCH3 is 1. The molecule has 1 rings (SSSR count). The summed E-state index contributed by atoms with van der Waals surface area (Å²) in [6.45, 7) is 5.18. The Bertz CT molecular complexity index is 255. The molecule has 1 heteroatoms. The number of rotatable bonds is 4. The van der Waals surface area contributed by atoms with Crippen molar-refractivity contribution in [3.8, 4) is 0 Å². The largest absolute Gasteiger partial charge is 0.380 e. The Morgan fingerprint density at radius 2 is 2.15 bits per heavy atom. The van der Waals surface area contributed by atoms with Crippen LogP contribution < -0.4 is 0 Å². The number of benzene rings is 1. The van der Waals surface area contributed by atoms with Gasteiger partial charge in [-0.1, -0.05) is 38.1 Å². The summed E-state index contributed by atoms with van der Waals surface area (Å²) in [5.41, 5.74) is 2.68. The molecule has 0 N–H and O–H groups in total. The van der Waals surface area contributed by atoms with Gasteiger partial charge in [-0.2, -0.15) is 0 Å². The molecule has 0 aliphatic rings. The fourth-order valence-corrected chi connectivity index (χ4v) is 1.39. The second-order valence-corrected chi connectivity index (χ2v) is 3.49. The summed E-state index contributed by atoms with van der Waals surface area (Å²) in [7, 11) is 1.73. The molecule has 1 aromatic rings. The Labute approximate surface area is 80.7 Å². The molecule has 0 saturated carbocycles. The summed E-state index contributed by atoms with van der Waals surface area (Å²) < 4.78 is 5.10. The van der Waals surface area contributed by atoms with Crippen molar-refractivity contribution in [1.82, 2.24) is 0 Å². The van der Waals surface area contributed by atoms with Crippen LogP contribution in [0.25, 0.3) is 0 Å². The Balaban J connectivity index is 2.78. The molecular formula is C12H18O. The van der Waals surface area contributed by atoms with Gasteiger partial charge in [0.2, 0.25) is 0 Å². The summed E-state index contributed by atoms with van der Waals surface area (Å²) in [4.78, 5) is 0. The third-order valence-electron chi connectivity index (χ3n) is 2.44. The quantitative estimate of drug-likeness (QED) is 0.687. The first kappa shape index (κ1) is 10.3. The van der Waals surface area contributed by atoms with Gasteiger partial charge in [0, 0.05) is 7.11 Å². The lowest BCUT2D eigenvalue weighted by atomic mass is 9.97. The molecule has 0 aliphatic heterocycles. The minimum absolute atomic E-state index is 0.650. The van der Waals surface area contributed by atoms with Crippen LogP contribution in [-0.4, -0.2) is 7.11 Å². The monoisotopic (exact) mass is 178 g/mol. The maximum Gasteiger partial charge on any atom is 0.0713 e. The first-order valence-electron chi connectivity index (χ1n) is 4.85. The van der Waals surface area contributed by atoms with Gasteiger partial charge in [-0.15, -0.1) is 0 Å². The lowest BCUT2D eigenvalue weighted by Crippen LogP contribution is -1.94. The minimum Gasteiger partial charge on any atom is -0.380 e. The highest BCUT2D eigenvalue weighted by Crippen LogP contribution is 2.19. The van der Waals surface area contributed by atoms with Crippen molar-refractivity contribution in [3.63, 3.8) is 0 Å². The Morgan fingerprint density at radius 1 is 1.38 bits per heavy atom. The third-order valence-corrected chi connectivity index (χ3v) is 2.44. The van der Waals surface area contributed by atoms with Gasteiger partial charge in [-0.3, -0.25) is 0 Å². The molecular weight excluding hydrogens is 160 g/mol. The van der Waals surface area contributed by atoms with Crippen molar-refractivity contribution in [2.75, 3.05) is 7.11 Å². The van der Waals surface area contributed by atoms with E-state index in [0.717, 1.165) is 0 Å². The number of hydrogen-bond acceptors (Lipinski definition) is 1. The van der Waals surface area contributed by atoms with Crippen LogP contribution in [-0.2, 0) is 11.3 Å². The SMILES string of the molecule is CCC(C)c1cccc(COC)c1. The second kappa shape index (κ2) is 5.03. The van der Waals surface area contributed by atoms with Crippen LogP contribution in [0.3, 0.4) is 0 Å². The Kier molecular flexibility index (Phi) is 3.97. The summed E-state index contributed by atoms with van der Waals surface area (Å²) >= 11 is 0. The zero-order chi connectivity index (χ0) is 9.68. The van der Waals surface area contributed by atoms with Crippen LogP contribution in [0.5, 0.6) is 0 Å². The summed E-state index contributed by atoms with van der Waals surface area (Å²) in [6.07, 6.45) is 1.19. The van der Waals surface area contributed by atoms with Crippen LogP contribution in [0.15, 0.2) is 24.3 Å². The molecule has 0 bridgehead atoms. The highest BCUT2D eigenvalue weighted by Gasteiger charge is 2.02. The van der Waals surface area contributed by atoms with Crippen molar-refractivity contribution in [1.29, 1.82) is 0 Å². The molecule has 0 spiro atoms. The average Bonchev–Trinajstić information content (AvgIpc) is 2.18. The first-order chi connectivity index (χ1) is 6.27. The molecule has 72 valence electrons. The van der Waals surface area contributed by atoms with E-state index in [-0.39, 0.29) is 0 Å². The summed E-state index contributed by atoms with van der Waals surface area (Å²) in [5, 5.41) is 0. The van der Waals surface area contributed by atoms with E-state index in [0.29, 0.717) is 12.5 Å². The van der Waals surface area contributed by atoms with Crippen LogP contribution in [0.1, 0.15) is 37.3 Å². The van der Waals surface area contributed by atoms with Gasteiger partial charge in [-0.05, 0) is 23.5 Å². The first-order valence-corrected chi connectivity index (χ1v) is 4.85. The van der Waals surface area contributed by atoms with Crippen LogP contribution in [0.4, 0.5) is 0 Å². The molecule has 0 amide bonds. The molecule has 1 unspecified atom stereocenters. The lowest BCUT2D eigenvalue weighted by Gasteiger charge is -2.10. The van der Waals surface area contributed by atoms with Gasteiger partial charge in [0.1, 0.15) is 0 Å². The maximum absolute atomic E-state index is 5.10. The molecule has 0 fully saturated rings. The van der Waals surface area contributed by atoms with Gasteiger partial charge in [0.15, 0.2) is 0 Å².